The summed E-state index contributed by atoms with van der Waals surface area (Å²) in [4.78, 5) is 15.7. The van der Waals surface area contributed by atoms with E-state index in [0.29, 0.717) is 11.1 Å². The minimum absolute atomic E-state index is 0.0793. The van der Waals surface area contributed by atoms with Gasteiger partial charge in [0.2, 0.25) is 0 Å². The number of carbonyl (C=O) groups excluding carboxylic acids is 1. The predicted molar refractivity (Wildman–Crippen MR) is 57.0 cm³/mol. The van der Waals surface area contributed by atoms with Crippen molar-refractivity contribution in [3.05, 3.63) is 51.4 Å². The van der Waals surface area contributed by atoms with Gasteiger partial charge in [0.15, 0.2) is 5.78 Å². The standard InChI is InChI=1S/C10H6ClNOS/c11-10-8(2-1-4-12-10)9(13)7-3-5-14-6-7/h1-6H. The van der Waals surface area contributed by atoms with Crippen molar-refractivity contribution >= 4 is 28.7 Å². The molecule has 0 aliphatic carbocycles. The summed E-state index contributed by atoms with van der Waals surface area (Å²) < 4.78 is 0. The summed E-state index contributed by atoms with van der Waals surface area (Å²) in [6.07, 6.45) is 1.56. The first-order valence-corrected chi connectivity index (χ1v) is 5.28. The van der Waals surface area contributed by atoms with Crippen LogP contribution in [0.15, 0.2) is 35.2 Å². The lowest BCUT2D eigenvalue weighted by atomic mass is 10.1. The van der Waals surface area contributed by atoms with E-state index >= 15 is 0 Å². The van der Waals surface area contributed by atoms with E-state index in [-0.39, 0.29) is 10.9 Å². The van der Waals surface area contributed by atoms with Crippen LogP contribution in [0.4, 0.5) is 0 Å². The van der Waals surface area contributed by atoms with Gasteiger partial charge < -0.3 is 0 Å². The van der Waals surface area contributed by atoms with E-state index in [2.05, 4.69) is 4.98 Å². The van der Waals surface area contributed by atoms with E-state index in [0.717, 1.165) is 0 Å². The van der Waals surface area contributed by atoms with Crippen molar-refractivity contribution < 1.29 is 4.79 Å². The van der Waals surface area contributed by atoms with E-state index in [1.807, 2.05) is 5.38 Å². The third kappa shape index (κ3) is 1.69. The van der Waals surface area contributed by atoms with Gasteiger partial charge in [0, 0.05) is 17.1 Å². The van der Waals surface area contributed by atoms with Gasteiger partial charge in [-0.25, -0.2) is 4.98 Å². The Morgan fingerprint density at radius 1 is 1.43 bits per heavy atom. The Labute approximate surface area is 90.2 Å². The van der Waals surface area contributed by atoms with Crippen LogP contribution in [-0.4, -0.2) is 10.8 Å². The summed E-state index contributed by atoms with van der Waals surface area (Å²) in [6, 6.07) is 5.15. The number of carbonyl (C=O) groups is 1. The molecule has 0 N–H and O–H groups in total. The van der Waals surface area contributed by atoms with Crippen molar-refractivity contribution in [1.82, 2.24) is 4.98 Å². The van der Waals surface area contributed by atoms with Crippen molar-refractivity contribution in [2.24, 2.45) is 0 Å². The molecule has 0 spiro atoms. The van der Waals surface area contributed by atoms with Gasteiger partial charge in [-0.2, -0.15) is 11.3 Å². The number of thiophene rings is 1. The number of aromatic nitrogens is 1. The molecule has 2 aromatic rings. The number of pyridine rings is 1. The number of halogens is 1. The van der Waals surface area contributed by atoms with Gasteiger partial charge >= 0.3 is 0 Å². The van der Waals surface area contributed by atoms with Crippen molar-refractivity contribution in [2.45, 2.75) is 0 Å². The molecule has 0 aliphatic rings. The fraction of sp³-hybridized carbons (Fsp3) is 0. The summed E-state index contributed by atoms with van der Waals surface area (Å²) in [5.41, 5.74) is 1.11. The molecule has 0 saturated carbocycles. The average molecular weight is 224 g/mol. The van der Waals surface area contributed by atoms with E-state index < -0.39 is 0 Å². The third-order valence-corrected chi connectivity index (χ3v) is 2.77. The zero-order valence-corrected chi connectivity index (χ0v) is 8.68. The van der Waals surface area contributed by atoms with Crippen LogP contribution in [0.25, 0.3) is 0 Å². The lowest BCUT2D eigenvalue weighted by molar-refractivity contribution is 0.103. The fourth-order valence-electron chi connectivity index (χ4n) is 1.10. The second-order valence-electron chi connectivity index (χ2n) is 2.68. The molecule has 0 fully saturated rings. The normalized spacial score (nSPS) is 10.1. The molecular formula is C10H6ClNOS. The molecule has 70 valence electrons. The van der Waals surface area contributed by atoms with Gasteiger partial charge in [0.05, 0.1) is 5.56 Å². The Balaban J connectivity index is 2.42. The molecule has 0 bridgehead atoms. The van der Waals surface area contributed by atoms with Crippen LogP contribution in [-0.2, 0) is 0 Å². The number of ketones is 1. The molecule has 0 amide bonds. The van der Waals surface area contributed by atoms with Crippen molar-refractivity contribution in [3.8, 4) is 0 Å². The van der Waals surface area contributed by atoms with Gasteiger partial charge in [-0.1, -0.05) is 11.6 Å². The summed E-state index contributed by atoms with van der Waals surface area (Å²) in [5, 5.41) is 3.91. The fourth-order valence-corrected chi connectivity index (χ4v) is 1.95. The highest BCUT2D eigenvalue weighted by Crippen LogP contribution is 2.18. The van der Waals surface area contributed by atoms with E-state index in [9.17, 15) is 4.79 Å². The first-order chi connectivity index (χ1) is 6.79. The molecule has 2 rings (SSSR count). The molecule has 0 aromatic carbocycles. The van der Waals surface area contributed by atoms with Crippen LogP contribution in [0.2, 0.25) is 5.15 Å². The average Bonchev–Trinajstić information content (AvgIpc) is 2.70. The lowest BCUT2D eigenvalue weighted by Gasteiger charge is -1.99. The molecule has 4 heteroatoms. The topological polar surface area (TPSA) is 30.0 Å². The molecule has 2 aromatic heterocycles. The molecular weight excluding hydrogens is 218 g/mol. The largest absolute Gasteiger partial charge is 0.288 e. The van der Waals surface area contributed by atoms with Crippen molar-refractivity contribution in [2.75, 3.05) is 0 Å². The molecule has 0 radical (unpaired) electrons. The molecule has 2 nitrogen and oxygen atoms in total. The monoisotopic (exact) mass is 223 g/mol. The lowest BCUT2D eigenvalue weighted by Crippen LogP contribution is -2.01. The first-order valence-electron chi connectivity index (χ1n) is 3.96. The molecule has 0 aliphatic heterocycles. The minimum Gasteiger partial charge on any atom is -0.288 e. The number of nitrogens with zero attached hydrogens (tertiary/aromatic N) is 1. The Hall–Kier alpha value is -1.19. The van der Waals surface area contributed by atoms with Crippen molar-refractivity contribution in [1.29, 1.82) is 0 Å². The van der Waals surface area contributed by atoms with E-state index in [4.69, 9.17) is 11.6 Å². The first kappa shape index (κ1) is 9.37. The molecule has 2 heterocycles. The summed E-state index contributed by atoms with van der Waals surface area (Å²) in [7, 11) is 0. The molecule has 0 saturated heterocycles. The van der Waals surface area contributed by atoms with Crippen LogP contribution in [0.1, 0.15) is 15.9 Å². The smallest absolute Gasteiger partial charge is 0.196 e. The second kappa shape index (κ2) is 3.90. The number of hydrogen-bond donors (Lipinski definition) is 0. The highest BCUT2D eigenvalue weighted by molar-refractivity contribution is 7.08. The Morgan fingerprint density at radius 3 is 2.93 bits per heavy atom. The van der Waals surface area contributed by atoms with Crippen molar-refractivity contribution in [3.63, 3.8) is 0 Å². The Bertz CT molecular complexity index is 453. The Kier molecular flexibility index (Phi) is 2.61. The van der Waals surface area contributed by atoms with Gasteiger partial charge in [-0.15, -0.1) is 0 Å². The minimum atomic E-state index is -0.0793. The zero-order chi connectivity index (χ0) is 9.97. The summed E-state index contributed by atoms with van der Waals surface area (Å²) in [6.45, 7) is 0. The van der Waals surface area contributed by atoms with Crippen LogP contribution < -0.4 is 0 Å². The maximum Gasteiger partial charge on any atom is 0.196 e. The highest BCUT2D eigenvalue weighted by atomic mass is 35.5. The SMILES string of the molecule is O=C(c1ccsc1)c1cccnc1Cl. The second-order valence-corrected chi connectivity index (χ2v) is 3.82. The highest BCUT2D eigenvalue weighted by Gasteiger charge is 2.12. The van der Waals surface area contributed by atoms with Gasteiger partial charge in [0.1, 0.15) is 5.15 Å². The maximum absolute atomic E-state index is 11.8. The van der Waals surface area contributed by atoms with Crippen LogP contribution in [0.3, 0.4) is 0 Å². The quantitative estimate of drug-likeness (QED) is 0.579. The number of rotatable bonds is 2. The molecule has 0 unspecified atom stereocenters. The molecule has 0 atom stereocenters. The van der Waals surface area contributed by atoms with Gasteiger partial charge in [-0.05, 0) is 23.6 Å². The van der Waals surface area contributed by atoms with Gasteiger partial charge in [-0.3, -0.25) is 4.79 Å². The molecule has 14 heavy (non-hydrogen) atoms. The van der Waals surface area contributed by atoms with E-state index in [1.165, 1.54) is 11.3 Å². The maximum atomic E-state index is 11.8. The number of hydrogen-bond acceptors (Lipinski definition) is 3. The predicted octanol–water partition coefficient (Wildman–Crippen LogP) is 3.03. The van der Waals surface area contributed by atoms with Crippen LogP contribution >= 0.6 is 22.9 Å². The Morgan fingerprint density at radius 2 is 2.29 bits per heavy atom. The summed E-state index contributed by atoms with van der Waals surface area (Å²) in [5.74, 6) is -0.0793. The van der Waals surface area contributed by atoms with Gasteiger partial charge in [0.25, 0.3) is 0 Å². The van der Waals surface area contributed by atoms with Crippen LogP contribution in [0.5, 0.6) is 0 Å². The van der Waals surface area contributed by atoms with E-state index in [1.54, 1.807) is 29.8 Å². The summed E-state index contributed by atoms with van der Waals surface area (Å²) >= 11 is 7.29. The zero-order valence-electron chi connectivity index (χ0n) is 7.11. The van der Waals surface area contributed by atoms with Crippen LogP contribution in [0, 0.1) is 0 Å². The third-order valence-electron chi connectivity index (χ3n) is 1.79.